The van der Waals surface area contributed by atoms with Crippen molar-refractivity contribution in [1.29, 1.82) is 0 Å². The van der Waals surface area contributed by atoms with Gasteiger partial charge in [0.25, 0.3) is 0 Å². The van der Waals surface area contributed by atoms with Crippen LogP contribution in [0.1, 0.15) is 52.0 Å². The minimum absolute atomic E-state index is 0.0907. The van der Waals surface area contributed by atoms with Crippen LogP contribution in [0.25, 0.3) is 10.9 Å². The molecule has 3 nitrogen and oxygen atoms in total. The van der Waals surface area contributed by atoms with Crippen molar-refractivity contribution in [2.45, 2.75) is 58.4 Å². The van der Waals surface area contributed by atoms with E-state index >= 15 is 0 Å². The molecule has 0 unspecified atom stereocenters. The number of aromatic nitrogens is 1. The Kier molecular flexibility index (Phi) is 5.05. The van der Waals surface area contributed by atoms with Crippen molar-refractivity contribution in [2.24, 2.45) is 0 Å². The van der Waals surface area contributed by atoms with Crippen LogP contribution in [0.15, 0.2) is 30.5 Å². The van der Waals surface area contributed by atoms with E-state index in [1.807, 2.05) is 6.07 Å². The third-order valence-corrected chi connectivity index (χ3v) is 3.88. The molecular weight excluding hydrogens is 260 g/mol. The molecule has 0 aliphatic heterocycles. The third kappa shape index (κ3) is 4.35. The van der Waals surface area contributed by atoms with Gasteiger partial charge in [-0.2, -0.15) is 0 Å². The van der Waals surface area contributed by atoms with E-state index in [9.17, 15) is 4.79 Å². The number of aryl methyl sites for hydroxylation is 1. The van der Waals surface area contributed by atoms with E-state index in [4.69, 9.17) is 0 Å². The lowest BCUT2D eigenvalue weighted by atomic mass is 9.98. The predicted octanol–water partition coefficient (Wildman–Crippen LogP) is 4.19. The molecule has 21 heavy (non-hydrogen) atoms. The fourth-order valence-electron chi connectivity index (χ4n) is 2.91. The number of carbonyl (C=O) groups excluding carboxylic acids is 1. The summed E-state index contributed by atoms with van der Waals surface area (Å²) in [5, 5.41) is 4.40. The van der Waals surface area contributed by atoms with Gasteiger partial charge in [-0.25, -0.2) is 0 Å². The highest BCUT2D eigenvalue weighted by molar-refractivity contribution is 5.83. The number of hydrogen-bond acceptors (Lipinski definition) is 1. The third-order valence-electron chi connectivity index (χ3n) is 3.88. The molecule has 0 fully saturated rings. The summed E-state index contributed by atoms with van der Waals surface area (Å²) in [5.41, 5.74) is 2.37. The van der Waals surface area contributed by atoms with Crippen LogP contribution in [0.5, 0.6) is 0 Å². The largest absolute Gasteiger partial charge is 0.361 e. The molecule has 0 spiro atoms. The van der Waals surface area contributed by atoms with Gasteiger partial charge < -0.3 is 10.3 Å². The number of rotatable bonds is 7. The summed E-state index contributed by atoms with van der Waals surface area (Å²) in [6, 6.07) is 8.30. The zero-order valence-electron chi connectivity index (χ0n) is 13.3. The van der Waals surface area contributed by atoms with E-state index in [0.717, 1.165) is 25.7 Å². The van der Waals surface area contributed by atoms with Crippen LogP contribution in [-0.4, -0.2) is 16.4 Å². The topological polar surface area (TPSA) is 44.9 Å². The van der Waals surface area contributed by atoms with Gasteiger partial charge in [0.05, 0.1) is 0 Å². The first-order chi connectivity index (χ1) is 10.0. The quantitative estimate of drug-likeness (QED) is 0.787. The van der Waals surface area contributed by atoms with Gasteiger partial charge in [-0.05, 0) is 44.7 Å². The normalized spacial score (nSPS) is 11.8. The molecule has 0 bridgehead atoms. The van der Waals surface area contributed by atoms with Crippen LogP contribution >= 0.6 is 0 Å². The van der Waals surface area contributed by atoms with E-state index in [1.165, 1.54) is 16.5 Å². The van der Waals surface area contributed by atoms with Crippen molar-refractivity contribution in [3.63, 3.8) is 0 Å². The van der Waals surface area contributed by atoms with E-state index in [2.05, 4.69) is 55.5 Å². The Morgan fingerprint density at radius 3 is 2.81 bits per heavy atom. The minimum atomic E-state index is -0.0907. The maximum absolute atomic E-state index is 12.0. The lowest BCUT2D eigenvalue weighted by molar-refractivity contribution is -0.122. The van der Waals surface area contributed by atoms with Crippen LogP contribution in [0, 0.1) is 0 Å². The highest BCUT2D eigenvalue weighted by atomic mass is 16.1. The van der Waals surface area contributed by atoms with Gasteiger partial charge in [-0.1, -0.05) is 31.5 Å². The van der Waals surface area contributed by atoms with Crippen molar-refractivity contribution < 1.29 is 4.79 Å². The average Bonchev–Trinajstić information content (AvgIpc) is 2.81. The molecule has 0 saturated carbocycles. The van der Waals surface area contributed by atoms with E-state index in [-0.39, 0.29) is 11.4 Å². The van der Waals surface area contributed by atoms with E-state index < -0.39 is 0 Å². The van der Waals surface area contributed by atoms with Crippen LogP contribution in [0.4, 0.5) is 0 Å². The van der Waals surface area contributed by atoms with Crippen LogP contribution in [0.2, 0.25) is 0 Å². The zero-order valence-corrected chi connectivity index (χ0v) is 13.3. The Bertz CT molecular complexity index is 598. The Labute approximate surface area is 127 Å². The SMILES string of the molecule is CCCC(C)(C)NC(=O)CCCc1c[nH]c2ccccc12. The summed E-state index contributed by atoms with van der Waals surface area (Å²) in [6.07, 6.45) is 6.57. The van der Waals surface area contributed by atoms with Crippen LogP contribution in [0.3, 0.4) is 0 Å². The number of nitrogens with one attached hydrogen (secondary N) is 2. The maximum atomic E-state index is 12.0. The minimum Gasteiger partial charge on any atom is -0.361 e. The summed E-state index contributed by atoms with van der Waals surface area (Å²) >= 11 is 0. The lowest BCUT2D eigenvalue weighted by Crippen LogP contribution is -2.43. The molecule has 0 saturated heterocycles. The highest BCUT2D eigenvalue weighted by Gasteiger charge is 2.18. The molecule has 2 rings (SSSR count). The number of H-pyrrole nitrogens is 1. The molecule has 2 N–H and O–H groups in total. The second-order valence-electron chi connectivity index (χ2n) is 6.40. The van der Waals surface area contributed by atoms with Gasteiger partial charge in [-0.3, -0.25) is 4.79 Å². The number of carbonyl (C=O) groups is 1. The Morgan fingerprint density at radius 1 is 1.29 bits per heavy atom. The predicted molar refractivity (Wildman–Crippen MR) is 88.4 cm³/mol. The molecule has 0 aliphatic carbocycles. The molecule has 114 valence electrons. The van der Waals surface area contributed by atoms with Gasteiger partial charge in [0.2, 0.25) is 5.91 Å². The summed E-state index contributed by atoms with van der Waals surface area (Å²) in [7, 11) is 0. The number of aromatic amines is 1. The molecule has 3 heteroatoms. The number of hydrogen-bond donors (Lipinski definition) is 2. The Hall–Kier alpha value is -1.77. The molecule has 1 amide bonds. The molecule has 1 aromatic carbocycles. The monoisotopic (exact) mass is 286 g/mol. The standard InChI is InChI=1S/C18H26N2O/c1-4-12-18(2,3)20-17(21)11-7-8-14-13-19-16-10-6-5-9-15(14)16/h5-6,9-10,13,19H,4,7-8,11-12H2,1-3H3,(H,20,21). The molecule has 1 heterocycles. The Balaban J connectivity index is 1.83. The average molecular weight is 286 g/mol. The van der Waals surface area contributed by atoms with Crippen LogP contribution in [-0.2, 0) is 11.2 Å². The summed E-state index contributed by atoms with van der Waals surface area (Å²) in [6.45, 7) is 6.33. The van der Waals surface area contributed by atoms with Gasteiger partial charge >= 0.3 is 0 Å². The molecular formula is C18H26N2O. The summed E-state index contributed by atoms with van der Waals surface area (Å²) in [4.78, 5) is 15.3. The zero-order chi connectivity index (χ0) is 15.3. The fourth-order valence-corrected chi connectivity index (χ4v) is 2.91. The fraction of sp³-hybridized carbons (Fsp3) is 0.500. The second-order valence-corrected chi connectivity index (χ2v) is 6.40. The van der Waals surface area contributed by atoms with Gasteiger partial charge in [0.1, 0.15) is 0 Å². The van der Waals surface area contributed by atoms with Crippen molar-refractivity contribution in [3.05, 3.63) is 36.0 Å². The first-order valence-electron chi connectivity index (χ1n) is 7.88. The van der Waals surface area contributed by atoms with E-state index in [1.54, 1.807) is 0 Å². The van der Waals surface area contributed by atoms with Crippen molar-refractivity contribution >= 4 is 16.8 Å². The van der Waals surface area contributed by atoms with Gasteiger partial charge in [-0.15, -0.1) is 0 Å². The second kappa shape index (κ2) is 6.79. The van der Waals surface area contributed by atoms with Gasteiger partial charge in [0.15, 0.2) is 0 Å². The molecule has 0 radical (unpaired) electrons. The van der Waals surface area contributed by atoms with Crippen molar-refractivity contribution in [3.8, 4) is 0 Å². The summed E-state index contributed by atoms with van der Waals surface area (Å²) < 4.78 is 0. The molecule has 1 aromatic heterocycles. The van der Waals surface area contributed by atoms with Crippen molar-refractivity contribution in [1.82, 2.24) is 10.3 Å². The first kappa shape index (κ1) is 15.6. The molecule has 0 atom stereocenters. The van der Waals surface area contributed by atoms with Crippen molar-refractivity contribution in [2.75, 3.05) is 0 Å². The van der Waals surface area contributed by atoms with E-state index in [0.29, 0.717) is 6.42 Å². The highest BCUT2D eigenvalue weighted by Crippen LogP contribution is 2.19. The van der Waals surface area contributed by atoms with Crippen LogP contribution < -0.4 is 5.32 Å². The number of amides is 1. The number of benzene rings is 1. The molecule has 2 aromatic rings. The lowest BCUT2D eigenvalue weighted by Gasteiger charge is -2.25. The smallest absolute Gasteiger partial charge is 0.220 e. The first-order valence-corrected chi connectivity index (χ1v) is 7.88. The Morgan fingerprint density at radius 2 is 2.05 bits per heavy atom. The number of para-hydroxylation sites is 1. The van der Waals surface area contributed by atoms with Gasteiger partial charge in [0, 0.05) is 29.1 Å². The summed E-state index contributed by atoms with van der Waals surface area (Å²) in [5.74, 6) is 0.160. The maximum Gasteiger partial charge on any atom is 0.220 e. The molecule has 0 aliphatic rings. The number of fused-ring (bicyclic) bond motifs is 1.